The first-order valence-corrected chi connectivity index (χ1v) is 36.5. The molecule has 0 aromatic heterocycles. The monoisotopic (exact) mass is 1330 g/mol. The Kier molecular flexibility index (Phi) is 29.3. The summed E-state index contributed by atoms with van der Waals surface area (Å²) in [7, 11) is 7.44. The second-order valence-corrected chi connectivity index (χ2v) is 29.7. The van der Waals surface area contributed by atoms with E-state index in [-0.39, 0.29) is 42.5 Å². The van der Waals surface area contributed by atoms with Crippen molar-refractivity contribution in [1.82, 2.24) is 9.57 Å². The lowest BCUT2D eigenvalue weighted by Gasteiger charge is -2.50. The molecule has 7 atom stereocenters. The van der Waals surface area contributed by atoms with Gasteiger partial charge in [-0.15, -0.1) is 0 Å². The molecular formula is C71H100F6N3O8PS2. The van der Waals surface area contributed by atoms with E-state index in [9.17, 15) is 31.6 Å². The van der Waals surface area contributed by atoms with Crippen LogP contribution in [0.5, 0.6) is 17.2 Å². The maximum Gasteiger partial charge on any atom is 0.426 e. The van der Waals surface area contributed by atoms with Crippen molar-refractivity contribution in [2.24, 2.45) is 23.2 Å². The fourth-order valence-electron chi connectivity index (χ4n) is 14.1. The van der Waals surface area contributed by atoms with Crippen molar-refractivity contribution in [3.05, 3.63) is 125 Å². The van der Waals surface area contributed by atoms with Crippen molar-refractivity contribution in [2.75, 3.05) is 85.5 Å². The van der Waals surface area contributed by atoms with Gasteiger partial charge in [-0.3, -0.25) is 0 Å². The van der Waals surface area contributed by atoms with Crippen LogP contribution < -0.4 is 14.2 Å². The number of rotatable bonds is 40. The molecule has 2 fully saturated rings. The van der Waals surface area contributed by atoms with E-state index in [4.69, 9.17) is 32.7 Å². The van der Waals surface area contributed by atoms with Crippen molar-refractivity contribution >= 4 is 30.1 Å². The zero-order chi connectivity index (χ0) is 65.7. The number of fused-ring (bicyclic) bond motifs is 5. The molecular weight excluding hydrogens is 1230 g/mol. The van der Waals surface area contributed by atoms with Gasteiger partial charge in [-0.25, -0.2) is 4.67 Å². The lowest BCUT2D eigenvalue weighted by atomic mass is 9.55. The summed E-state index contributed by atoms with van der Waals surface area (Å²) in [5, 5.41) is 9.40. The van der Waals surface area contributed by atoms with Gasteiger partial charge in [0.1, 0.15) is 22.8 Å². The Bertz CT molecular complexity index is 2730. The molecule has 0 N–H and O–H groups in total. The largest absolute Gasteiger partial charge is 0.497 e. The van der Waals surface area contributed by atoms with Gasteiger partial charge in [0.2, 0.25) is 0 Å². The van der Waals surface area contributed by atoms with Crippen LogP contribution in [0.4, 0.5) is 26.3 Å². The summed E-state index contributed by atoms with van der Waals surface area (Å²) < 4.78 is 134. The van der Waals surface area contributed by atoms with E-state index in [0.29, 0.717) is 63.8 Å². The van der Waals surface area contributed by atoms with Crippen molar-refractivity contribution in [3.63, 3.8) is 0 Å². The highest BCUT2D eigenvalue weighted by Crippen LogP contribution is 2.62. The normalized spacial score (nSPS) is 20.2. The molecule has 3 aliphatic carbocycles. The van der Waals surface area contributed by atoms with E-state index < -0.39 is 45.1 Å². The fourth-order valence-corrected chi connectivity index (χ4v) is 18.0. The molecule has 0 saturated heterocycles. The summed E-state index contributed by atoms with van der Waals surface area (Å²) in [5.41, 5.74) is 0.681. The Morgan fingerprint density at radius 2 is 1.30 bits per heavy atom. The number of benzene rings is 4. The second kappa shape index (κ2) is 35.8. The molecule has 7 unspecified atom stereocenters. The first-order valence-electron chi connectivity index (χ1n) is 32.9. The predicted molar refractivity (Wildman–Crippen MR) is 355 cm³/mol. The molecule has 0 aliphatic heterocycles. The molecule has 0 radical (unpaired) electrons. The number of methoxy groups -OCH3 is 2. The summed E-state index contributed by atoms with van der Waals surface area (Å²) in [6.07, 6.45) is 0.248. The maximum atomic E-state index is 13.7. The highest BCUT2D eigenvalue weighted by Gasteiger charge is 2.71. The van der Waals surface area contributed by atoms with Crippen molar-refractivity contribution in [2.45, 2.75) is 186 Å². The number of ether oxygens (including phenoxy) is 6. The van der Waals surface area contributed by atoms with Crippen molar-refractivity contribution in [3.8, 4) is 23.3 Å². The lowest BCUT2D eigenvalue weighted by molar-refractivity contribution is -0.383. The minimum Gasteiger partial charge on any atom is -0.497 e. The number of unbranched alkanes of at least 4 members (excludes halogenated alkanes) is 3. The van der Waals surface area contributed by atoms with Crippen LogP contribution in [-0.2, 0) is 35.3 Å². The average Bonchev–Trinajstić information content (AvgIpc) is 1.73. The highest BCUT2D eigenvalue weighted by molar-refractivity contribution is 8.76. The number of hydrogen-bond acceptors (Lipinski definition) is 13. The second-order valence-electron chi connectivity index (χ2n) is 25.6. The minimum absolute atomic E-state index is 0.0147. The van der Waals surface area contributed by atoms with Crippen LogP contribution in [0.15, 0.2) is 97.1 Å². The number of alkyl halides is 6. The zero-order valence-electron chi connectivity index (χ0n) is 55.1. The third kappa shape index (κ3) is 19.5. The lowest BCUT2D eigenvalue weighted by Crippen LogP contribution is -2.59. The molecule has 506 valence electrons. The molecule has 4 aromatic carbocycles. The SMILES string of the molecule is CCCC(OCCN(C)CCOC1CCC2C3CCc4cc(OCCCSSCCCCCCC(COP(OCCC#N)N(C(C)C)C(C)C)COC(c5ccccc5)(c5ccc(OC)cc5)c5ccc(OC)cc5)ccc4C3CCC12C)(C(F)(F)F)C(F)(F)F. The Morgan fingerprint density at radius 1 is 0.681 bits per heavy atom. The number of hydrogen-bond donors (Lipinski definition) is 0. The Balaban J connectivity index is 0.849. The molecule has 2 saturated carbocycles. The highest BCUT2D eigenvalue weighted by atomic mass is 33.1. The molecule has 3 aliphatic rings. The minimum atomic E-state index is -5.57. The van der Waals surface area contributed by atoms with E-state index in [1.165, 1.54) is 18.1 Å². The summed E-state index contributed by atoms with van der Waals surface area (Å²) in [5.74, 6) is 6.17. The van der Waals surface area contributed by atoms with Crippen LogP contribution in [0.25, 0.3) is 0 Å². The first kappa shape index (κ1) is 74.6. The van der Waals surface area contributed by atoms with Crippen LogP contribution in [0, 0.1) is 34.5 Å². The number of nitrogens with zero attached hydrogens (tertiary/aromatic N) is 3. The molecule has 0 bridgehead atoms. The molecule has 0 amide bonds. The van der Waals surface area contributed by atoms with E-state index in [2.05, 4.69) is 117 Å². The van der Waals surface area contributed by atoms with Gasteiger partial charge in [0.25, 0.3) is 14.1 Å². The van der Waals surface area contributed by atoms with Gasteiger partial charge in [0, 0.05) is 42.6 Å². The van der Waals surface area contributed by atoms with Gasteiger partial charge in [-0.05, 0) is 186 Å². The van der Waals surface area contributed by atoms with E-state index in [0.717, 1.165) is 122 Å². The van der Waals surface area contributed by atoms with Gasteiger partial charge in [-0.2, -0.15) is 31.6 Å². The van der Waals surface area contributed by atoms with Gasteiger partial charge in [-0.1, -0.05) is 122 Å². The van der Waals surface area contributed by atoms with Gasteiger partial charge >= 0.3 is 12.4 Å². The number of nitriles is 1. The fraction of sp³-hybridized carbons (Fsp3) is 0.648. The van der Waals surface area contributed by atoms with Crippen LogP contribution in [0.1, 0.15) is 165 Å². The average molecular weight is 1330 g/mol. The molecule has 11 nitrogen and oxygen atoms in total. The standard InChI is InChI=1S/C71H100F6N3O8PS2/c1-10-38-68(70(72,73)74,71(75,76)77)85-46-42-79(7)41-45-84-66-36-35-65-64-33-23-55-49-61(32-34-62(55)63(64)37-39-67(65,66)6)83-43-19-48-91-90-47-17-12-11-14-20-54(51-88-89(87-44-18-40-78)80(52(2)3)53(4)5)50-86-69(56-21-15-13-16-22-56,57-24-28-59(81-8)29-25-57)58-26-30-60(82-9)31-27-58/h13,15-16,21-22,24-32,34,49,52-54,63-66H,10-12,14,17-20,23,33,35-39,41-48,50-51H2,1-9H3. The summed E-state index contributed by atoms with van der Waals surface area (Å²) >= 11 is 0. The number of aryl methyl sites for hydroxylation is 1. The molecule has 7 rings (SSSR count). The third-order valence-electron chi connectivity index (χ3n) is 18.8. The van der Waals surface area contributed by atoms with Gasteiger partial charge in [0.05, 0.1) is 72.5 Å². The summed E-state index contributed by atoms with van der Waals surface area (Å²) in [4.78, 5) is 1.68. The van der Waals surface area contributed by atoms with Crippen LogP contribution in [-0.4, -0.2) is 131 Å². The Morgan fingerprint density at radius 3 is 1.91 bits per heavy atom. The van der Waals surface area contributed by atoms with Crippen molar-refractivity contribution < 1.29 is 63.8 Å². The predicted octanol–water partition coefficient (Wildman–Crippen LogP) is 18.6. The van der Waals surface area contributed by atoms with Crippen LogP contribution >= 0.6 is 30.1 Å². The van der Waals surface area contributed by atoms with E-state index >= 15 is 0 Å². The molecule has 20 heteroatoms. The van der Waals surface area contributed by atoms with E-state index in [1.807, 2.05) is 51.9 Å². The van der Waals surface area contributed by atoms with Crippen LogP contribution in [0.3, 0.4) is 0 Å². The first-order chi connectivity index (χ1) is 43.7. The quantitative estimate of drug-likeness (QED) is 0.0139. The molecule has 0 heterocycles. The Labute approximate surface area is 548 Å². The number of halogens is 6. The summed E-state index contributed by atoms with van der Waals surface area (Å²) in [6.45, 7) is 14.0. The Hall–Kier alpha value is -3.80. The van der Waals surface area contributed by atoms with Gasteiger partial charge in [0.15, 0.2) is 0 Å². The zero-order valence-corrected chi connectivity index (χ0v) is 57.6. The van der Waals surface area contributed by atoms with Crippen molar-refractivity contribution in [1.29, 1.82) is 5.26 Å². The third-order valence-corrected chi connectivity index (χ3v) is 23.5. The smallest absolute Gasteiger partial charge is 0.426 e. The molecule has 4 aromatic rings. The van der Waals surface area contributed by atoms with E-state index in [1.54, 1.807) is 26.2 Å². The maximum absolute atomic E-state index is 13.7. The molecule has 0 spiro atoms. The number of likely N-dealkylation sites (N-methyl/N-ethyl adjacent to an activating group) is 1. The summed E-state index contributed by atoms with van der Waals surface area (Å²) in [6, 6.07) is 36.0. The topological polar surface area (TPSA) is 104 Å². The molecule has 91 heavy (non-hydrogen) atoms. The van der Waals surface area contributed by atoms with Gasteiger partial charge < -0.3 is 42.4 Å². The van der Waals surface area contributed by atoms with Crippen LogP contribution in [0.2, 0.25) is 0 Å².